The SMILES string of the molecule is CCC(=O)CCC(=O)OCCOP1(=S)OP(O)(=S)OP(O)(=S)O1. The summed E-state index contributed by atoms with van der Waals surface area (Å²) in [5, 5.41) is 0. The van der Waals surface area contributed by atoms with Gasteiger partial charge in [-0.2, -0.15) is 0 Å². The smallest absolute Gasteiger partial charge is 0.341 e. The number of rotatable bonds is 8. The molecule has 1 aliphatic heterocycles. The van der Waals surface area contributed by atoms with E-state index in [0.29, 0.717) is 6.42 Å². The summed E-state index contributed by atoms with van der Waals surface area (Å²) in [5.41, 5.74) is 0. The molecule has 0 aliphatic carbocycles. The summed E-state index contributed by atoms with van der Waals surface area (Å²) in [5.74, 6) is -0.611. The monoisotopic (exact) mass is 444 g/mol. The molecule has 1 aliphatic rings. The summed E-state index contributed by atoms with van der Waals surface area (Å²) >= 11 is 14.1. The van der Waals surface area contributed by atoms with E-state index in [-0.39, 0.29) is 31.8 Å². The maximum atomic E-state index is 11.4. The fourth-order valence-electron chi connectivity index (χ4n) is 1.27. The van der Waals surface area contributed by atoms with Crippen LogP contribution in [0.1, 0.15) is 26.2 Å². The van der Waals surface area contributed by atoms with Gasteiger partial charge in [0.1, 0.15) is 12.4 Å². The predicted octanol–water partition coefficient (Wildman–Crippen LogP) is 2.03. The molecule has 0 aromatic rings. The van der Waals surface area contributed by atoms with Crippen LogP contribution in [-0.4, -0.2) is 34.8 Å². The van der Waals surface area contributed by atoms with Crippen molar-refractivity contribution >= 4 is 67.3 Å². The molecule has 0 amide bonds. The van der Waals surface area contributed by atoms with E-state index in [1.807, 2.05) is 0 Å². The molecular weight excluding hydrogens is 429 g/mol. The number of esters is 1. The Morgan fingerprint density at radius 3 is 2.09 bits per heavy atom. The second kappa shape index (κ2) is 8.98. The van der Waals surface area contributed by atoms with Gasteiger partial charge in [-0.05, 0) is 35.4 Å². The van der Waals surface area contributed by atoms with E-state index in [0.717, 1.165) is 0 Å². The van der Waals surface area contributed by atoms with E-state index in [4.69, 9.17) is 29.7 Å². The van der Waals surface area contributed by atoms with Gasteiger partial charge in [-0.25, -0.2) is 12.9 Å². The Balaban J connectivity index is 2.39. The molecule has 0 spiro atoms. The Bertz CT molecular complexity index is 581. The average molecular weight is 444 g/mol. The zero-order valence-corrected chi connectivity index (χ0v) is 17.0. The first-order valence-corrected chi connectivity index (χ1v) is 13.9. The van der Waals surface area contributed by atoms with Crippen LogP contribution in [0.3, 0.4) is 0 Å². The number of carbonyl (C=O) groups is 2. The molecule has 15 heteroatoms. The van der Waals surface area contributed by atoms with Crippen LogP contribution in [0, 0.1) is 0 Å². The van der Waals surface area contributed by atoms with Gasteiger partial charge in [0.05, 0.1) is 13.0 Å². The first kappa shape index (κ1) is 21.9. The van der Waals surface area contributed by atoms with E-state index in [9.17, 15) is 19.4 Å². The second-order valence-electron chi connectivity index (χ2n) is 4.08. The Kier molecular flexibility index (Phi) is 8.55. The molecular formula is C8H15O9P3S3. The van der Waals surface area contributed by atoms with Gasteiger partial charge in [0.25, 0.3) is 0 Å². The summed E-state index contributed by atoms with van der Waals surface area (Å²) in [6.07, 6.45) is 0.436. The van der Waals surface area contributed by atoms with E-state index in [1.165, 1.54) is 0 Å². The fourth-order valence-corrected chi connectivity index (χ4v) is 12.4. The van der Waals surface area contributed by atoms with Crippen LogP contribution in [0.5, 0.6) is 0 Å². The lowest BCUT2D eigenvalue weighted by atomic mass is 10.2. The zero-order chi connectivity index (χ0) is 17.7. The molecule has 2 N–H and O–H groups in total. The molecule has 9 nitrogen and oxygen atoms in total. The lowest BCUT2D eigenvalue weighted by Crippen LogP contribution is -2.13. The molecule has 0 bridgehead atoms. The molecule has 2 atom stereocenters. The summed E-state index contributed by atoms with van der Waals surface area (Å²) in [4.78, 5) is 41.6. The van der Waals surface area contributed by atoms with Crippen molar-refractivity contribution in [1.29, 1.82) is 0 Å². The van der Waals surface area contributed by atoms with Gasteiger partial charge in [-0.3, -0.25) is 9.59 Å². The molecule has 23 heavy (non-hydrogen) atoms. The Morgan fingerprint density at radius 2 is 1.57 bits per heavy atom. The molecule has 0 aromatic carbocycles. The molecule has 134 valence electrons. The van der Waals surface area contributed by atoms with E-state index >= 15 is 0 Å². The molecule has 0 saturated carbocycles. The van der Waals surface area contributed by atoms with E-state index in [1.54, 1.807) is 6.92 Å². The van der Waals surface area contributed by atoms with Crippen molar-refractivity contribution in [3.63, 3.8) is 0 Å². The van der Waals surface area contributed by atoms with Crippen molar-refractivity contribution in [2.75, 3.05) is 13.2 Å². The highest BCUT2D eigenvalue weighted by molar-refractivity contribution is 8.22. The van der Waals surface area contributed by atoms with Crippen LogP contribution in [0.25, 0.3) is 0 Å². The molecule has 1 rings (SSSR count). The first-order chi connectivity index (χ1) is 10.5. The van der Waals surface area contributed by atoms with Crippen molar-refractivity contribution in [2.24, 2.45) is 0 Å². The minimum atomic E-state index is -3.84. The average Bonchev–Trinajstić information content (AvgIpc) is 2.36. The highest BCUT2D eigenvalue weighted by Crippen LogP contribution is 2.80. The lowest BCUT2D eigenvalue weighted by Gasteiger charge is -2.33. The van der Waals surface area contributed by atoms with Crippen molar-refractivity contribution in [3.8, 4) is 0 Å². The van der Waals surface area contributed by atoms with Gasteiger partial charge in [-0.1, -0.05) is 6.92 Å². The second-order valence-corrected chi connectivity index (χ2v) is 13.2. The van der Waals surface area contributed by atoms with Crippen molar-refractivity contribution < 1.29 is 41.6 Å². The zero-order valence-electron chi connectivity index (χ0n) is 11.9. The number of hydrogen-bond donors (Lipinski definition) is 2. The minimum absolute atomic E-state index is 0.0312. The molecule has 1 fully saturated rings. The number of ketones is 1. The predicted molar refractivity (Wildman–Crippen MR) is 92.0 cm³/mol. The maximum Gasteiger partial charge on any atom is 0.341 e. The van der Waals surface area contributed by atoms with Gasteiger partial charge in [0.15, 0.2) is 0 Å². The van der Waals surface area contributed by atoms with Gasteiger partial charge in [0, 0.05) is 12.8 Å². The quantitative estimate of drug-likeness (QED) is 0.324. The van der Waals surface area contributed by atoms with Crippen molar-refractivity contribution in [2.45, 2.75) is 26.2 Å². The summed E-state index contributed by atoms with van der Waals surface area (Å²) in [7, 11) is 0. The standard InChI is InChI=1S/C8H15O9P3S3/c1-2-7(9)3-4-8(10)13-5-6-14-20(23)16-18(11,21)15-19(12,22)17-20/h2-6H2,1H3,(H,11,21)(H,12,22). The van der Waals surface area contributed by atoms with E-state index in [2.05, 4.69) is 27.9 Å². The first-order valence-electron chi connectivity index (χ1n) is 6.18. The van der Waals surface area contributed by atoms with Crippen LogP contribution >= 0.6 is 20.2 Å². The maximum absolute atomic E-state index is 11.4. The lowest BCUT2D eigenvalue weighted by molar-refractivity contribution is -0.145. The summed E-state index contributed by atoms with van der Waals surface area (Å²) in [6.45, 7) is -10.00. The third-order valence-electron chi connectivity index (χ3n) is 2.21. The van der Waals surface area contributed by atoms with Gasteiger partial charge in [0.2, 0.25) is 0 Å². The molecule has 0 aromatic heterocycles. The van der Waals surface area contributed by atoms with Gasteiger partial charge >= 0.3 is 26.1 Å². The number of carbonyl (C=O) groups excluding carboxylic acids is 2. The molecule has 2 unspecified atom stereocenters. The largest absolute Gasteiger partial charge is 0.463 e. The number of hydrogen-bond acceptors (Lipinski definition) is 10. The summed E-state index contributed by atoms with van der Waals surface area (Å²) in [6, 6.07) is 0. The normalized spacial score (nSPS) is 34.0. The Labute approximate surface area is 148 Å². The van der Waals surface area contributed by atoms with Crippen LogP contribution < -0.4 is 0 Å². The van der Waals surface area contributed by atoms with Crippen LogP contribution in [0.15, 0.2) is 0 Å². The highest BCUT2D eigenvalue weighted by atomic mass is 32.5. The number of Topliss-reactive ketones (excluding diaryl/α,β-unsaturated/α-hetero) is 1. The van der Waals surface area contributed by atoms with Crippen LogP contribution in [-0.2, 0) is 67.2 Å². The van der Waals surface area contributed by atoms with Crippen molar-refractivity contribution in [3.05, 3.63) is 0 Å². The topological polar surface area (TPSA) is 121 Å². The van der Waals surface area contributed by atoms with Gasteiger partial charge in [-0.15, -0.1) is 0 Å². The van der Waals surface area contributed by atoms with Crippen LogP contribution in [0.2, 0.25) is 0 Å². The fraction of sp³-hybridized carbons (Fsp3) is 0.750. The Hall–Kier alpha value is 0.850. The summed E-state index contributed by atoms with van der Waals surface area (Å²) < 4.78 is 24.2. The number of ether oxygens (including phenoxy) is 1. The van der Waals surface area contributed by atoms with Crippen LogP contribution in [0.4, 0.5) is 0 Å². The molecule has 1 heterocycles. The Morgan fingerprint density at radius 1 is 1.00 bits per heavy atom. The third-order valence-corrected chi connectivity index (χ3v) is 11.5. The third kappa shape index (κ3) is 8.67. The van der Waals surface area contributed by atoms with Gasteiger partial charge < -0.3 is 19.0 Å². The van der Waals surface area contributed by atoms with E-state index < -0.39 is 26.1 Å². The molecule has 0 radical (unpaired) electrons. The minimum Gasteiger partial charge on any atom is -0.463 e. The van der Waals surface area contributed by atoms with Crippen molar-refractivity contribution in [1.82, 2.24) is 0 Å². The highest BCUT2D eigenvalue weighted by Gasteiger charge is 2.45. The molecule has 1 saturated heterocycles.